The quantitative estimate of drug-likeness (QED) is 0.616. The largest absolute Gasteiger partial charge is 0.326 e. The van der Waals surface area contributed by atoms with Crippen molar-refractivity contribution in [1.29, 1.82) is 0 Å². The summed E-state index contributed by atoms with van der Waals surface area (Å²) in [6, 6.07) is 20.8. The van der Waals surface area contributed by atoms with E-state index in [2.05, 4.69) is 10.3 Å². The van der Waals surface area contributed by atoms with Crippen LogP contribution in [0.1, 0.15) is 23.8 Å². The molecule has 4 rings (SSSR count). The van der Waals surface area contributed by atoms with Crippen LogP contribution < -0.4 is 10.2 Å². The Hall–Kier alpha value is -3.51. The Morgan fingerprint density at radius 3 is 2.48 bits per heavy atom. The number of rotatable bonds is 5. The minimum atomic E-state index is -0.178. The van der Waals surface area contributed by atoms with Gasteiger partial charge in [0.25, 0.3) is 5.91 Å². The Labute approximate surface area is 173 Å². The van der Waals surface area contributed by atoms with E-state index in [1.165, 1.54) is 0 Å². The molecule has 0 radical (unpaired) electrons. The standard InChI is InChI=1S/C23H19N3O2S/c1-2-21(27)24-17-10-12-18(13-11-17)26-22(16-7-4-3-5-8-16)25-20(23(26)28)15-19-9-6-14-29-19/h3-15H,2H2,1H3,(H,24,27)/b20-15-. The predicted octanol–water partition coefficient (Wildman–Crippen LogP) is 4.93. The fourth-order valence-corrected chi connectivity index (χ4v) is 3.64. The molecule has 0 spiro atoms. The van der Waals surface area contributed by atoms with Crippen molar-refractivity contribution in [3.8, 4) is 0 Å². The maximum absolute atomic E-state index is 13.2. The molecule has 0 aliphatic carbocycles. The average molecular weight is 401 g/mol. The van der Waals surface area contributed by atoms with Crippen molar-refractivity contribution in [3.05, 3.63) is 88.2 Å². The second-order valence-electron chi connectivity index (χ2n) is 6.44. The number of carbonyl (C=O) groups is 2. The highest BCUT2D eigenvalue weighted by Gasteiger charge is 2.32. The summed E-state index contributed by atoms with van der Waals surface area (Å²) < 4.78 is 0. The summed E-state index contributed by atoms with van der Waals surface area (Å²) in [5.41, 5.74) is 2.65. The first-order valence-corrected chi connectivity index (χ1v) is 10.2. The van der Waals surface area contributed by atoms with Crippen LogP contribution in [0.4, 0.5) is 11.4 Å². The fraction of sp³-hybridized carbons (Fsp3) is 0.0870. The summed E-state index contributed by atoms with van der Waals surface area (Å²) >= 11 is 1.56. The second kappa shape index (κ2) is 8.24. The van der Waals surface area contributed by atoms with Gasteiger partial charge in [0, 0.05) is 22.5 Å². The van der Waals surface area contributed by atoms with Crippen LogP contribution >= 0.6 is 11.3 Å². The van der Waals surface area contributed by atoms with Gasteiger partial charge < -0.3 is 5.32 Å². The third kappa shape index (κ3) is 4.02. The molecule has 0 saturated carbocycles. The summed E-state index contributed by atoms with van der Waals surface area (Å²) in [5, 5.41) is 4.79. The molecule has 1 aliphatic heterocycles. The molecule has 0 atom stereocenters. The highest BCUT2D eigenvalue weighted by atomic mass is 32.1. The van der Waals surface area contributed by atoms with E-state index < -0.39 is 0 Å². The van der Waals surface area contributed by atoms with E-state index in [1.54, 1.807) is 35.3 Å². The van der Waals surface area contributed by atoms with Crippen molar-refractivity contribution < 1.29 is 9.59 Å². The first kappa shape index (κ1) is 18.8. The number of amides is 2. The van der Waals surface area contributed by atoms with Crippen molar-refractivity contribution in [2.75, 3.05) is 10.2 Å². The molecule has 6 heteroatoms. The molecular weight excluding hydrogens is 382 g/mol. The maximum atomic E-state index is 13.2. The number of anilines is 2. The van der Waals surface area contributed by atoms with Crippen molar-refractivity contribution >= 4 is 46.4 Å². The fourth-order valence-electron chi connectivity index (χ4n) is 2.99. The van der Waals surface area contributed by atoms with Gasteiger partial charge in [0.05, 0.1) is 5.69 Å². The molecule has 0 bridgehead atoms. The minimum absolute atomic E-state index is 0.0531. The molecule has 1 aliphatic rings. The zero-order valence-corrected chi connectivity index (χ0v) is 16.6. The van der Waals surface area contributed by atoms with E-state index in [4.69, 9.17) is 0 Å². The van der Waals surface area contributed by atoms with E-state index in [0.29, 0.717) is 29.3 Å². The van der Waals surface area contributed by atoms with Gasteiger partial charge in [-0.3, -0.25) is 14.5 Å². The van der Waals surface area contributed by atoms with E-state index in [0.717, 1.165) is 10.4 Å². The zero-order chi connectivity index (χ0) is 20.2. The normalized spacial score (nSPS) is 14.9. The molecule has 2 amide bonds. The van der Waals surface area contributed by atoms with E-state index in [1.807, 2.05) is 66.1 Å². The van der Waals surface area contributed by atoms with Gasteiger partial charge in [0.15, 0.2) is 0 Å². The summed E-state index contributed by atoms with van der Waals surface area (Å²) in [7, 11) is 0. The summed E-state index contributed by atoms with van der Waals surface area (Å²) in [4.78, 5) is 32.0. The molecule has 2 heterocycles. The van der Waals surface area contributed by atoms with Gasteiger partial charge in [-0.15, -0.1) is 11.3 Å². The highest BCUT2D eigenvalue weighted by Crippen LogP contribution is 2.29. The molecule has 144 valence electrons. The molecule has 1 aromatic heterocycles. The molecular formula is C23H19N3O2S. The number of hydrogen-bond acceptors (Lipinski definition) is 4. The third-order valence-corrected chi connectivity index (χ3v) is 5.26. The highest BCUT2D eigenvalue weighted by molar-refractivity contribution is 7.10. The lowest BCUT2D eigenvalue weighted by molar-refractivity contribution is -0.116. The molecule has 29 heavy (non-hydrogen) atoms. The summed E-state index contributed by atoms with van der Waals surface area (Å²) in [6.07, 6.45) is 2.22. The molecule has 5 nitrogen and oxygen atoms in total. The molecule has 0 unspecified atom stereocenters. The van der Waals surface area contributed by atoms with Gasteiger partial charge in [-0.1, -0.05) is 43.3 Å². The monoisotopic (exact) mass is 401 g/mol. The molecule has 1 N–H and O–H groups in total. The Balaban J connectivity index is 1.71. The van der Waals surface area contributed by atoms with E-state index >= 15 is 0 Å². The number of aliphatic imine (C=N–C) groups is 1. The van der Waals surface area contributed by atoms with Crippen molar-refractivity contribution in [2.45, 2.75) is 13.3 Å². The average Bonchev–Trinajstić information content (AvgIpc) is 3.38. The maximum Gasteiger partial charge on any atom is 0.282 e. The topological polar surface area (TPSA) is 61.8 Å². The lowest BCUT2D eigenvalue weighted by Crippen LogP contribution is -2.32. The van der Waals surface area contributed by atoms with Gasteiger partial charge in [-0.25, -0.2) is 4.99 Å². The van der Waals surface area contributed by atoms with Crippen LogP contribution in [0.5, 0.6) is 0 Å². The van der Waals surface area contributed by atoms with Gasteiger partial charge in [0.1, 0.15) is 11.5 Å². The number of thiophene rings is 1. The Morgan fingerprint density at radius 2 is 1.83 bits per heavy atom. The van der Waals surface area contributed by atoms with Crippen LogP contribution in [-0.2, 0) is 9.59 Å². The first-order chi connectivity index (χ1) is 14.2. The number of carbonyl (C=O) groups excluding carboxylic acids is 2. The second-order valence-corrected chi connectivity index (χ2v) is 7.41. The van der Waals surface area contributed by atoms with Crippen LogP contribution in [0.3, 0.4) is 0 Å². The minimum Gasteiger partial charge on any atom is -0.326 e. The number of nitrogens with zero attached hydrogens (tertiary/aromatic N) is 2. The first-order valence-electron chi connectivity index (χ1n) is 9.29. The number of benzene rings is 2. The number of hydrogen-bond donors (Lipinski definition) is 1. The Kier molecular flexibility index (Phi) is 5.35. The molecule has 3 aromatic rings. The number of nitrogens with one attached hydrogen (secondary N) is 1. The molecule has 0 saturated heterocycles. The van der Waals surface area contributed by atoms with Crippen LogP contribution in [0, 0.1) is 0 Å². The summed E-state index contributed by atoms with van der Waals surface area (Å²) in [5.74, 6) is 0.356. The SMILES string of the molecule is CCC(=O)Nc1ccc(N2C(=O)/C(=C/c3cccs3)N=C2c2ccccc2)cc1. The molecule has 2 aromatic carbocycles. The summed E-state index contributed by atoms with van der Waals surface area (Å²) in [6.45, 7) is 1.80. The van der Waals surface area contributed by atoms with Crippen molar-refractivity contribution in [1.82, 2.24) is 0 Å². The van der Waals surface area contributed by atoms with Gasteiger partial charge in [-0.05, 0) is 41.8 Å². The third-order valence-electron chi connectivity index (χ3n) is 4.44. The van der Waals surface area contributed by atoms with Crippen LogP contribution in [0.25, 0.3) is 6.08 Å². The van der Waals surface area contributed by atoms with Gasteiger partial charge in [-0.2, -0.15) is 0 Å². The lowest BCUT2D eigenvalue weighted by atomic mass is 10.1. The smallest absolute Gasteiger partial charge is 0.282 e. The zero-order valence-electron chi connectivity index (χ0n) is 15.8. The predicted molar refractivity (Wildman–Crippen MR) is 118 cm³/mol. The van der Waals surface area contributed by atoms with Gasteiger partial charge >= 0.3 is 0 Å². The van der Waals surface area contributed by atoms with E-state index in [-0.39, 0.29) is 11.8 Å². The Morgan fingerprint density at radius 1 is 1.07 bits per heavy atom. The number of amidine groups is 1. The Bertz CT molecular complexity index is 1080. The van der Waals surface area contributed by atoms with Crippen LogP contribution in [0.2, 0.25) is 0 Å². The van der Waals surface area contributed by atoms with Crippen molar-refractivity contribution in [2.24, 2.45) is 4.99 Å². The van der Waals surface area contributed by atoms with Crippen molar-refractivity contribution in [3.63, 3.8) is 0 Å². The lowest BCUT2D eigenvalue weighted by Gasteiger charge is -2.19. The molecule has 0 fully saturated rings. The van der Waals surface area contributed by atoms with Gasteiger partial charge in [0.2, 0.25) is 5.91 Å². The van der Waals surface area contributed by atoms with E-state index in [9.17, 15) is 9.59 Å². The van der Waals surface area contributed by atoms with Crippen LogP contribution in [0.15, 0.2) is 82.8 Å². The van der Waals surface area contributed by atoms with Crippen LogP contribution in [-0.4, -0.2) is 17.6 Å².